The molecule has 1 aliphatic heterocycles. The highest BCUT2D eigenvalue weighted by Crippen LogP contribution is 2.32. The van der Waals surface area contributed by atoms with E-state index in [1.54, 1.807) is 18.3 Å². The summed E-state index contributed by atoms with van der Waals surface area (Å²) in [5.74, 6) is 0.716. The lowest BCUT2D eigenvalue weighted by Gasteiger charge is -2.21. The number of nitrogens with zero attached hydrogens (tertiary/aromatic N) is 3. The van der Waals surface area contributed by atoms with Gasteiger partial charge >= 0.3 is 0 Å². The van der Waals surface area contributed by atoms with E-state index in [0.717, 1.165) is 27.9 Å². The summed E-state index contributed by atoms with van der Waals surface area (Å²) in [6.45, 7) is 6.95. The monoisotopic (exact) mass is 490 g/mol. The van der Waals surface area contributed by atoms with Crippen LogP contribution in [0.25, 0.3) is 10.8 Å². The van der Waals surface area contributed by atoms with Gasteiger partial charge in [0.1, 0.15) is 25.6 Å². The van der Waals surface area contributed by atoms with Crippen molar-refractivity contribution in [2.24, 2.45) is 0 Å². The number of carbonyl (C=O) groups is 1. The minimum Gasteiger partial charge on any atom is -0.486 e. The van der Waals surface area contributed by atoms with Crippen molar-refractivity contribution >= 4 is 16.7 Å². The highest BCUT2D eigenvalue weighted by Gasteiger charge is 2.19. The summed E-state index contributed by atoms with van der Waals surface area (Å²) in [6, 6.07) is 11.6. The normalized spacial score (nSPS) is 13.6. The third-order valence-electron chi connectivity index (χ3n) is 6.60. The Morgan fingerprint density at radius 1 is 1.08 bits per heavy atom. The number of aromatic nitrogens is 3. The van der Waals surface area contributed by atoms with Gasteiger partial charge in [0.2, 0.25) is 5.91 Å². The van der Waals surface area contributed by atoms with Crippen molar-refractivity contribution in [3.05, 3.63) is 87.3 Å². The Bertz CT molecular complexity index is 1510. The van der Waals surface area contributed by atoms with Gasteiger partial charge in [0.05, 0.1) is 17.6 Å². The van der Waals surface area contributed by atoms with Crippen LogP contribution in [0.2, 0.25) is 0 Å². The Labute approximate surface area is 207 Å². The number of hydrogen-bond acceptors (Lipinski definition) is 5. The van der Waals surface area contributed by atoms with E-state index in [2.05, 4.69) is 10.4 Å². The van der Waals surface area contributed by atoms with E-state index >= 15 is 0 Å². The molecular formula is C27H27FN4O4. The van der Waals surface area contributed by atoms with Crippen LogP contribution < -0.4 is 20.3 Å². The molecule has 8 nitrogen and oxygen atoms in total. The molecule has 5 rings (SSSR count). The van der Waals surface area contributed by atoms with Gasteiger partial charge in [-0.2, -0.15) is 5.10 Å². The van der Waals surface area contributed by atoms with Crippen molar-refractivity contribution in [1.29, 1.82) is 0 Å². The smallest absolute Gasteiger partial charge is 0.276 e. The first-order chi connectivity index (χ1) is 17.3. The van der Waals surface area contributed by atoms with Gasteiger partial charge < -0.3 is 19.4 Å². The van der Waals surface area contributed by atoms with Gasteiger partial charge in [-0.1, -0.05) is 18.2 Å². The highest BCUT2D eigenvalue weighted by molar-refractivity contribution is 5.87. The first-order valence-electron chi connectivity index (χ1n) is 11.8. The van der Waals surface area contributed by atoms with Crippen LogP contribution in [0.1, 0.15) is 35.5 Å². The standard InChI is InChI=1S/C27H27FN4O4/c1-16(20-6-9-23-24(12-20)36-11-10-35-23)30-25(33)15-32-27(34)26-18(3)31(17(2)22(26)13-29-32)14-19-4-7-21(28)8-5-19/h4-9,12-13,16H,10-11,14-15H2,1-3H3,(H,30,33). The topological polar surface area (TPSA) is 87.4 Å². The molecule has 36 heavy (non-hydrogen) atoms. The van der Waals surface area contributed by atoms with Crippen LogP contribution in [0, 0.1) is 19.7 Å². The lowest BCUT2D eigenvalue weighted by molar-refractivity contribution is -0.122. The summed E-state index contributed by atoms with van der Waals surface area (Å²) in [7, 11) is 0. The van der Waals surface area contributed by atoms with Crippen molar-refractivity contribution in [3.8, 4) is 11.5 Å². The zero-order valence-corrected chi connectivity index (χ0v) is 20.4. The number of amides is 1. The summed E-state index contributed by atoms with van der Waals surface area (Å²) in [6.07, 6.45) is 1.62. The van der Waals surface area contributed by atoms with E-state index in [-0.39, 0.29) is 29.9 Å². The molecule has 3 heterocycles. The number of carbonyl (C=O) groups excluding carboxylic acids is 1. The molecule has 0 bridgehead atoms. The van der Waals surface area contributed by atoms with Crippen LogP contribution in [0.4, 0.5) is 4.39 Å². The Hall–Kier alpha value is -4.14. The fraction of sp³-hybridized carbons (Fsp3) is 0.296. The lowest BCUT2D eigenvalue weighted by Crippen LogP contribution is -2.35. The minimum absolute atomic E-state index is 0.203. The molecule has 2 aromatic heterocycles. The summed E-state index contributed by atoms with van der Waals surface area (Å²) < 4.78 is 27.7. The van der Waals surface area contributed by atoms with Crippen LogP contribution in [-0.4, -0.2) is 33.5 Å². The Balaban J connectivity index is 1.35. The molecule has 4 aromatic rings. The molecule has 0 spiro atoms. The molecule has 1 amide bonds. The van der Waals surface area contributed by atoms with E-state index < -0.39 is 0 Å². The van der Waals surface area contributed by atoms with Crippen molar-refractivity contribution in [1.82, 2.24) is 19.7 Å². The van der Waals surface area contributed by atoms with Gasteiger partial charge in [-0.3, -0.25) is 9.59 Å². The van der Waals surface area contributed by atoms with Crippen molar-refractivity contribution in [2.75, 3.05) is 13.2 Å². The number of halogens is 1. The molecule has 1 atom stereocenters. The molecule has 2 aromatic carbocycles. The maximum Gasteiger partial charge on any atom is 0.276 e. The highest BCUT2D eigenvalue weighted by atomic mass is 19.1. The average molecular weight is 491 g/mol. The molecular weight excluding hydrogens is 463 g/mol. The second kappa shape index (κ2) is 9.49. The molecule has 186 valence electrons. The summed E-state index contributed by atoms with van der Waals surface area (Å²) in [5.41, 5.74) is 3.13. The molecule has 1 N–H and O–H groups in total. The fourth-order valence-electron chi connectivity index (χ4n) is 4.60. The maximum absolute atomic E-state index is 13.3. The first kappa shape index (κ1) is 23.6. The predicted octanol–water partition coefficient (Wildman–Crippen LogP) is 3.65. The van der Waals surface area contributed by atoms with Gasteiger partial charge in [0.15, 0.2) is 11.5 Å². The molecule has 0 radical (unpaired) electrons. The van der Waals surface area contributed by atoms with Crippen LogP contribution in [0.15, 0.2) is 53.5 Å². The van der Waals surface area contributed by atoms with Gasteiger partial charge in [-0.15, -0.1) is 0 Å². The molecule has 0 saturated heterocycles. The number of ether oxygens (including phenoxy) is 2. The van der Waals surface area contributed by atoms with E-state index in [4.69, 9.17) is 9.47 Å². The molecule has 0 saturated carbocycles. The van der Waals surface area contributed by atoms with E-state index in [0.29, 0.717) is 36.6 Å². The zero-order valence-electron chi connectivity index (χ0n) is 20.4. The summed E-state index contributed by atoms with van der Waals surface area (Å²) in [5, 5.41) is 8.45. The average Bonchev–Trinajstić information content (AvgIpc) is 3.11. The first-order valence-corrected chi connectivity index (χ1v) is 11.8. The third-order valence-corrected chi connectivity index (χ3v) is 6.60. The quantitative estimate of drug-likeness (QED) is 0.446. The number of aryl methyl sites for hydroxylation is 2. The van der Waals surface area contributed by atoms with Gasteiger partial charge in [0.25, 0.3) is 5.56 Å². The number of hydrogen-bond donors (Lipinski definition) is 1. The van der Waals surface area contributed by atoms with Crippen molar-refractivity contribution in [2.45, 2.75) is 39.9 Å². The van der Waals surface area contributed by atoms with E-state index in [1.165, 1.54) is 16.8 Å². The second-order valence-electron chi connectivity index (χ2n) is 8.97. The number of rotatable bonds is 6. The summed E-state index contributed by atoms with van der Waals surface area (Å²) >= 11 is 0. The number of benzene rings is 2. The van der Waals surface area contributed by atoms with Gasteiger partial charge in [-0.25, -0.2) is 9.07 Å². The van der Waals surface area contributed by atoms with Crippen LogP contribution in [-0.2, 0) is 17.9 Å². The summed E-state index contributed by atoms with van der Waals surface area (Å²) in [4.78, 5) is 26.1. The third kappa shape index (κ3) is 4.44. The number of nitrogens with one attached hydrogen (secondary N) is 1. The number of fused-ring (bicyclic) bond motifs is 2. The van der Waals surface area contributed by atoms with Crippen LogP contribution in [0.3, 0.4) is 0 Å². The van der Waals surface area contributed by atoms with Gasteiger partial charge in [-0.05, 0) is 56.2 Å². The largest absolute Gasteiger partial charge is 0.486 e. The molecule has 9 heteroatoms. The Morgan fingerprint density at radius 3 is 2.56 bits per heavy atom. The lowest BCUT2D eigenvalue weighted by atomic mass is 10.1. The van der Waals surface area contributed by atoms with E-state index in [1.807, 2.05) is 43.5 Å². The predicted molar refractivity (Wildman–Crippen MR) is 133 cm³/mol. The molecule has 0 fully saturated rings. The second-order valence-corrected chi connectivity index (χ2v) is 8.97. The Morgan fingerprint density at radius 2 is 1.81 bits per heavy atom. The minimum atomic E-state index is -0.327. The SMILES string of the molecule is Cc1c2cnn(CC(=O)NC(C)c3ccc4c(c3)OCCO4)c(=O)c2c(C)n1Cc1ccc(F)cc1. The van der Waals surface area contributed by atoms with Crippen molar-refractivity contribution < 1.29 is 18.7 Å². The zero-order chi connectivity index (χ0) is 25.4. The Kier molecular flexibility index (Phi) is 6.22. The molecule has 1 unspecified atom stereocenters. The van der Waals surface area contributed by atoms with Crippen LogP contribution >= 0.6 is 0 Å². The van der Waals surface area contributed by atoms with Crippen LogP contribution in [0.5, 0.6) is 11.5 Å². The fourth-order valence-corrected chi connectivity index (χ4v) is 4.60. The maximum atomic E-state index is 13.3. The van der Waals surface area contributed by atoms with Crippen molar-refractivity contribution in [3.63, 3.8) is 0 Å². The van der Waals surface area contributed by atoms with E-state index in [9.17, 15) is 14.0 Å². The van der Waals surface area contributed by atoms with Gasteiger partial charge in [0, 0.05) is 23.3 Å². The molecule has 1 aliphatic rings. The molecule has 0 aliphatic carbocycles.